The van der Waals surface area contributed by atoms with Crippen molar-refractivity contribution < 1.29 is 5.11 Å². The van der Waals surface area contributed by atoms with E-state index in [1.807, 2.05) is 24.3 Å². The predicted octanol–water partition coefficient (Wildman–Crippen LogP) is 6.00. The molecule has 0 saturated carbocycles. The van der Waals surface area contributed by atoms with Crippen LogP contribution in [0.1, 0.15) is 53.5 Å². The molecular weight excluding hydrogens is 292 g/mol. The van der Waals surface area contributed by atoms with Gasteiger partial charge in [0, 0.05) is 23.0 Å². The monoisotopic (exact) mass is 316 g/mol. The second-order valence-corrected chi connectivity index (χ2v) is 6.50. The fourth-order valence-electron chi connectivity index (χ4n) is 3.45. The molecule has 0 aliphatic rings. The lowest BCUT2D eigenvalue weighted by molar-refractivity contribution is 0.456. The van der Waals surface area contributed by atoms with Gasteiger partial charge >= 0.3 is 0 Å². The third-order valence-corrected chi connectivity index (χ3v) is 4.96. The number of aromatic hydroxyl groups is 1. The molecule has 0 spiro atoms. The van der Waals surface area contributed by atoms with Crippen LogP contribution in [0.3, 0.4) is 0 Å². The average molecular weight is 316 g/mol. The third-order valence-electron chi connectivity index (χ3n) is 4.96. The first-order valence-corrected chi connectivity index (χ1v) is 8.52. The lowest BCUT2D eigenvalue weighted by Gasteiger charge is -2.22. The van der Waals surface area contributed by atoms with E-state index in [1.54, 1.807) is 0 Å². The normalized spacial score (nSPS) is 13.5. The van der Waals surface area contributed by atoms with E-state index in [0.29, 0.717) is 5.75 Å². The first kappa shape index (κ1) is 16.3. The molecule has 1 nitrogen and oxygen atoms in total. The van der Waals surface area contributed by atoms with Gasteiger partial charge in [0.1, 0.15) is 5.75 Å². The lowest BCUT2D eigenvalue weighted by atomic mass is 9.84. The predicted molar refractivity (Wildman–Crippen MR) is 101 cm³/mol. The van der Waals surface area contributed by atoms with Crippen LogP contribution < -0.4 is 0 Å². The fraction of sp³-hybridized carbons (Fsp3) is 0.217. The molecule has 1 N–H and O–H groups in total. The number of benzene rings is 3. The number of hydrogen-bond acceptors (Lipinski definition) is 1. The maximum atomic E-state index is 11.0. The topological polar surface area (TPSA) is 20.2 Å². The van der Waals surface area contributed by atoms with E-state index in [0.717, 1.165) is 16.7 Å². The number of hydrogen-bond donors (Lipinski definition) is 1. The van der Waals surface area contributed by atoms with Crippen LogP contribution in [0.25, 0.3) is 0 Å². The van der Waals surface area contributed by atoms with Gasteiger partial charge in [-0.3, -0.25) is 0 Å². The maximum Gasteiger partial charge on any atom is 0.123 e. The van der Waals surface area contributed by atoms with Gasteiger partial charge in [0.25, 0.3) is 0 Å². The molecule has 2 unspecified atom stereocenters. The zero-order valence-electron chi connectivity index (χ0n) is 14.5. The molecule has 0 heterocycles. The van der Waals surface area contributed by atoms with Crippen LogP contribution in [0.4, 0.5) is 0 Å². The van der Waals surface area contributed by atoms with Crippen LogP contribution in [0.15, 0.2) is 72.8 Å². The van der Waals surface area contributed by atoms with E-state index < -0.39 is 0 Å². The van der Waals surface area contributed by atoms with E-state index in [4.69, 9.17) is 0 Å². The summed E-state index contributed by atoms with van der Waals surface area (Å²) < 4.78 is 0. The van der Waals surface area contributed by atoms with Gasteiger partial charge in [0.05, 0.1) is 0 Å². The fourth-order valence-corrected chi connectivity index (χ4v) is 3.45. The van der Waals surface area contributed by atoms with Crippen molar-refractivity contribution in [3.63, 3.8) is 0 Å². The van der Waals surface area contributed by atoms with Crippen molar-refractivity contribution in [3.05, 3.63) is 101 Å². The Labute approximate surface area is 144 Å². The Morgan fingerprint density at radius 2 is 1.17 bits per heavy atom. The molecule has 3 aromatic rings. The van der Waals surface area contributed by atoms with Crippen LogP contribution in [0.5, 0.6) is 5.75 Å². The molecule has 24 heavy (non-hydrogen) atoms. The van der Waals surface area contributed by atoms with Gasteiger partial charge in [0.2, 0.25) is 0 Å². The standard InChI is InChI=1S/C23H24O/c1-16-14-15-21(17(2)19-10-6-4-7-11-19)23(24)22(16)18(3)20-12-8-5-9-13-20/h4-15,17-18,24H,1-3H3. The minimum atomic E-state index is 0.161. The van der Waals surface area contributed by atoms with E-state index in [9.17, 15) is 5.11 Å². The smallest absolute Gasteiger partial charge is 0.123 e. The second kappa shape index (κ2) is 6.92. The van der Waals surface area contributed by atoms with Crippen molar-refractivity contribution in [2.45, 2.75) is 32.6 Å². The van der Waals surface area contributed by atoms with Gasteiger partial charge in [-0.2, -0.15) is 0 Å². The molecule has 1 heteroatoms. The number of rotatable bonds is 4. The van der Waals surface area contributed by atoms with Crippen molar-refractivity contribution in [2.75, 3.05) is 0 Å². The summed E-state index contributed by atoms with van der Waals surface area (Å²) >= 11 is 0. The molecule has 2 atom stereocenters. The summed E-state index contributed by atoms with van der Waals surface area (Å²) in [5, 5.41) is 11.0. The molecule has 3 aromatic carbocycles. The van der Waals surface area contributed by atoms with E-state index in [-0.39, 0.29) is 11.8 Å². The minimum absolute atomic E-state index is 0.161. The molecule has 0 aliphatic heterocycles. The molecule has 0 saturated heterocycles. The van der Waals surface area contributed by atoms with Gasteiger partial charge in [-0.1, -0.05) is 86.6 Å². The average Bonchev–Trinajstić information content (AvgIpc) is 2.63. The summed E-state index contributed by atoms with van der Waals surface area (Å²) in [6, 6.07) is 24.9. The molecule has 122 valence electrons. The van der Waals surface area contributed by atoms with Gasteiger partial charge in [-0.15, -0.1) is 0 Å². The van der Waals surface area contributed by atoms with Gasteiger partial charge in [0.15, 0.2) is 0 Å². The Balaban J connectivity index is 2.06. The van der Waals surface area contributed by atoms with Crippen LogP contribution in [0, 0.1) is 6.92 Å². The molecule has 0 radical (unpaired) electrons. The van der Waals surface area contributed by atoms with Crippen molar-refractivity contribution in [2.24, 2.45) is 0 Å². The lowest BCUT2D eigenvalue weighted by Crippen LogP contribution is -2.04. The highest BCUT2D eigenvalue weighted by Gasteiger charge is 2.21. The SMILES string of the molecule is Cc1ccc(C(C)c2ccccc2)c(O)c1C(C)c1ccccc1. The zero-order valence-corrected chi connectivity index (χ0v) is 14.5. The number of phenolic OH excluding ortho intramolecular Hbond substituents is 1. The Morgan fingerprint density at radius 1 is 0.667 bits per heavy atom. The summed E-state index contributed by atoms with van der Waals surface area (Å²) in [5.74, 6) is 0.755. The van der Waals surface area contributed by atoms with Crippen LogP contribution in [-0.2, 0) is 0 Å². The van der Waals surface area contributed by atoms with E-state index in [2.05, 4.69) is 69.3 Å². The van der Waals surface area contributed by atoms with Gasteiger partial charge in [-0.05, 0) is 23.6 Å². The highest BCUT2D eigenvalue weighted by molar-refractivity contribution is 5.53. The maximum absolute atomic E-state index is 11.0. The van der Waals surface area contributed by atoms with Crippen molar-refractivity contribution in [1.82, 2.24) is 0 Å². The second-order valence-electron chi connectivity index (χ2n) is 6.50. The molecular formula is C23H24O. The zero-order chi connectivity index (χ0) is 17.1. The summed E-state index contributed by atoms with van der Waals surface area (Å²) in [7, 11) is 0. The van der Waals surface area contributed by atoms with Crippen LogP contribution in [0.2, 0.25) is 0 Å². The molecule has 0 aromatic heterocycles. The van der Waals surface area contributed by atoms with Crippen LogP contribution in [-0.4, -0.2) is 5.11 Å². The van der Waals surface area contributed by atoms with Crippen LogP contribution >= 0.6 is 0 Å². The van der Waals surface area contributed by atoms with Gasteiger partial charge in [-0.25, -0.2) is 0 Å². The quantitative estimate of drug-likeness (QED) is 0.625. The Hall–Kier alpha value is -2.54. The first-order valence-electron chi connectivity index (χ1n) is 8.52. The van der Waals surface area contributed by atoms with Gasteiger partial charge < -0.3 is 5.11 Å². The summed E-state index contributed by atoms with van der Waals surface area (Å²) in [6.07, 6.45) is 0. The van der Waals surface area contributed by atoms with E-state index in [1.165, 1.54) is 11.1 Å². The van der Waals surface area contributed by atoms with Crippen molar-refractivity contribution in [1.29, 1.82) is 0 Å². The molecule has 0 amide bonds. The summed E-state index contributed by atoms with van der Waals surface area (Å²) in [6.45, 7) is 6.39. The number of aryl methyl sites for hydroxylation is 1. The minimum Gasteiger partial charge on any atom is -0.507 e. The summed E-state index contributed by atoms with van der Waals surface area (Å²) in [4.78, 5) is 0. The molecule has 0 fully saturated rings. The summed E-state index contributed by atoms with van der Waals surface area (Å²) in [5.41, 5.74) is 5.59. The number of phenols is 1. The molecule has 0 bridgehead atoms. The van der Waals surface area contributed by atoms with Crippen molar-refractivity contribution >= 4 is 0 Å². The highest BCUT2D eigenvalue weighted by atomic mass is 16.3. The van der Waals surface area contributed by atoms with E-state index >= 15 is 0 Å². The van der Waals surface area contributed by atoms with Crippen molar-refractivity contribution in [3.8, 4) is 5.75 Å². The Bertz CT molecular complexity index is 806. The third kappa shape index (κ3) is 3.07. The largest absolute Gasteiger partial charge is 0.507 e. The Kier molecular flexibility index (Phi) is 4.71. The molecule has 0 aliphatic carbocycles. The first-order chi connectivity index (χ1) is 11.6. The molecule has 3 rings (SSSR count). The Morgan fingerprint density at radius 3 is 1.71 bits per heavy atom. The highest BCUT2D eigenvalue weighted by Crippen LogP contribution is 2.40.